The maximum absolute atomic E-state index is 15.9. The zero-order valence-electron chi connectivity index (χ0n) is 16.4. The van der Waals surface area contributed by atoms with Crippen molar-refractivity contribution in [3.8, 4) is 28.0 Å². The first kappa shape index (κ1) is 17.8. The van der Waals surface area contributed by atoms with Gasteiger partial charge < -0.3 is 14.5 Å². The molecule has 8 heteroatoms. The van der Waals surface area contributed by atoms with Gasteiger partial charge in [-0.15, -0.1) is 0 Å². The first-order chi connectivity index (χ1) is 14.0. The van der Waals surface area contributed by atoms with E-state index in [0.29, 0.717) is 46.8 Å². The van der Waals surface area contributed by atoms with E-state index in [1.807, 2.05) is 20.9 Å². The lowest BCUT2D eigenvalue weighted by Crippen LogP contribution is -2.38. The monoisotopic (exact) mass is 393 g/mol. The van der Waals surface area contributed by atoms with Gasteiger partial charge >= 0.3 is 0 Å². The van der Waals surface area contributed by atoms with Gasteiger partial charge in [0.25, 0.3) is 0 Å². The van der Waals surface area contributed by atoms with Gasteiger partial charge in [0.1, 0.15) is 17.7 Å². The molecule has 0 radical (unpaired) electrons. The number of ether oxygens (including phenoxy) is 2. The van der Waals surface area contributed by atoms with Crippen molar-refractivity contribution in [2.45, 2.75) is 20.0 Å². The molecule has 0 atom stereocenters. The number of aromatic amines is 1. The van der Waals surface area contributed by atoms with Gasteiger partial charge in [0.15, 0.2) is 5.65 Å². The highest BCUT2D eigenvalue weighted by atomic mass is 19.1. The Hall–Kier alpha value is -3.26. The second-order valence-electron chi connectivity index (χ2n) is 7.24. The molecule has 1 saturated heterocycles. The molecule has 0 saturated carbocycles. The molecule has 1 aliphatic heterocycles. The first-order valence-corrected chi connectivity index (χ1v) is 9.40. The summed E-state index contributed by atoms with van der Waals surface area (Å²) in [6.07, 6.45) is 3.16. The molecule has 29 heavy (non-hydrogen) atoms. The van der Waals surface area contributed by atoms with Crippen molar-refractivity contribution < 1.29 is 13.9 Å². The average Bonchev–Trinajstić information content (AvgIpc) is 3.24. The molecular formula is C21H20FN5O2. The quantitative estimate of drug-likeness (QED) is 0.574. The molecule has 1 aliphatic rings. The van der Waals surface area contributed by atoms with Gasteiger partial charge in [-0.25, -0.2) is 14.4 Å². The highest BCUT2D eigenvalue weighted by Gasteiger charge is 2.25. The summed E-state index contributed by atoms with van der Waals surface area (Å²) in [5, 5.41) is 4.45. The highest BCUT2D eigenvalue weighted by molar-refractivity contribution is 5.91. The van der Waals surface area contributed by atoms with E-state index in [0.717, 1.165) is 17.0 Å². The fourth-order valence-electron chi connectivity index (χ4n) is 3.76. The Bertz CT molecular complexity index is 1230. The maximum atomic E-state index is 15.9. The smallest absolute Gasteiger partial charge is 0.178 e. The van der Waals surface area contributed by atoms with Crippen molar-refractivity contribution in [2.75, 3.05) is 13.2 Å². The summed E-state index contributed by atoms with van der Waals surface area (Å²) in [7, 11) is 1.85. The summed E-state index contributed by atoms with van der Waals surface area (Å²) in [4.78, 5) is 11.5. The van der Waals surface area contributed by atoms with Crippen molar-refractivity contribution in [3.05, 3.63) is 47.9 Å². The van der Waals surface area contributed by atoms with Crippen LogP contribution >= 0.6 is 0 Å². The van der Waals surface area contributed by atoms with E-state index in [9.17, 15) is 0 Å². The molecule has 0 unspecified atom stereocenters. The van der Waals surface area contributed by atoms with E-state index >= 15 is 4.39 Å². The molecule has 0 amide bonds. The largest absolute Gasteiger partial charge is 0.486 e. The Morgan fingerprint density at radius 2 is 1.97 bits per heavy atom. The van der Waals surface area contributed by atoms with Crippen molar-refractivity contribution in [1.82, 2.24) is 24.7 Å². The molecule has 148 valence electrons. The Morgan fingerprint density at radius 1 is 1.17 bits per heavy atom. The van der Waals surface area contributed by atoms with Crippen LogP contribution in [-0.2, 0) is 11.8 Å². The maximum Gasteiger partial charge on any atom is 0.178 e. The molecule has 0 spiro atoms. The fourth-order valence-corrected chi connectivity index (χ4v) is 3.76. The minimum atomic E-state index is -0.330. The summed E-state index contributed by atoms with van der Waals surface area (Å²) in [5.41, 5.74) is 5.22. The SMILES string of the molecule is Cc1nn(C)c(C)c1-c1cc(OC2COC2)cc(-c2ccnc3nc[nH]c23)c1F. The number of H-pyrrole nitrogens is 1. The highest BCUT2D eigenvalue weighted by Crippen LogP contribution is 2.39. The molecule has 0 bridgehead atoms. The van der Waals surface area contributed by atoms with Crippen LogP contribution in [0.4, 0.5) is 4.39 Å². The fraction of sp³-hybridized carbons (Fsp3) is 0.286. The summed E-state index contributed by atoms with van der Waals surface area (Å²) < 4.78 is 28.9. The lowest BCUT2D eigenvalue weighted by atomic mass is 9.96. The van der Waals surface area contributed by atoms with Gasteiger partial charge in [0.2, 0.25) is 0 Å². The topological polar surface area (TPSA) is 77.8 Å². The van der Waals surface area contributed by atoms with E-state index < -0.39 is 0 Å². The number of fused-ring (bicyclic) bond motifs is 1. The third kappa shape index (κ3) is 2.87. The van der Waals surface area contributed by atoms with Crippen LogP contribution in [-0.4, -0.2) is 44.1 Å². The lowest BCUT2D eigenvalue weighted by Gasteiger charge is -2.27. The van der Waals surface area contributed by atoms with Gasteiger partial charge in [-0.1, -0.05) is 0 Å². The third-order valence-corrected chi connectivity index (χ3v) is 5.35. The van der Waals surface area contributed by atoms with Crippen LogP contribution in [0.2, 0.25) is 0 Å². The van der Waals surface area contributed by atoms with Crippen LogP contribution in [0.25, 0.3) is 33.4 Å². The van der Waals surface area contributed by atoms with E-state index in [2.05, 4.69) is 20.1 Å². The number of imidazole rings is 1. The van der Waals surface area contributed by atoms with E-state index in [1.54, 1.807) is 35.4 Å². The summed E-state index contributed by atoms with van der Waals surface area (Å²) in [6.45, 7) is 4.88. The Morgan fingerprint density at radius 3 is 2.66 bits per heavy atom. The number of nitrogens with zero attached hydrogens (tertiary/aromatic N) is 4. The standard InChI is InChI=1S/C21H20FN5O2/c1-11-18(12(2)27(3)26-11)17-7-13(29-14-8-28-9-14)6-16(19(17)22)15-4-5-23-21-20(15)24-10-25-21/h4-7,10,14H,8-9H2,1-3H3,(H,23,24,25). The molecule has 1 fully saturated rings. The average molecular weight is 393 g/mol. The van der Waals surface area contributed by atoms with Gasteiger partial charge in [-0.2, -0.15) is 5.10 Å². The number of aryl methyl sites for hydroxylation is 2. The van der Waals surface area contributed by atoms with E-state index in [1.165, 1.54) is 0 Å². The normalized spacial score (nSPS) is 14.3. The molecule has 7 nitrogen and oxygen atoms in total. The van der Waals surface area contributed by atoms with E-state index in [4.69, 9.17) is 9.47 Å². The summed E-state index contributed by atoms with van der Waals surface area (Å²) in [6, 6.07) is 5.26. The Balaban J connectivity index is 1.76. The number of nitrogens with one attached hydrogen (secondary N) is 1. The van der Waals surface area contributed by atoms with Crippen molar-refractivity contribution in [2.24, 2.45) is 7.05 Å². The third-order valence-electron chi connectivity index (χ3n) is 5.35. The van der Waals surface area contributed by atoms with Crippen LogP contribution in [0.3, 0.4) is 0 Å². The minimum absolute atomic E-state index is 0.0260. The molecule has 0 aliphatic carbocycles. The lowest BCUT2D eigenvalue weighted by molar-refractivity contribution is -0.0796. The number of hydrogen-bond donors (Lipinski definition) is 1. The second kappa shape index (κ2) is 6.66. The number of halogens is 1. The number of aromatic nitrogens is 5. The van der Waals surface area contributed by atoms with Crippen molar-refractivity contribution in [1.29, 1.82) is 0 Å². The Labute approximate surface area is 166 Å². The molecule has 1 aromatic carbocycles. The predicted octanol–water partition coefficient (Wildman–Crippen LogP) is 3.56. The van der Waals surface area contributed by atoms with Crippen LogP contribution in [0, 0.1) is 19.7 Å². The van der Waals surface area contributed by atoms with Crippen molar-refractivity contribution in [3.63, 3.8) is 0 Å². The van der Waals surface area contributed by atoms with Gasteiger partial charge in [0.05, 0.1) is 30.8 Å². The van der Waals surface area contributed by atoms with Crippen molar-refractivity contribution >= 4 is 11.2 Å². The Kier molecular flexibility index (Phi) is 4.09. The van der Waals surface area contributed by atoms with E-state index in [-0.39, 0.29) is 11.9 Å². The van der Waals surface area contributed by atoms with Gasteiger partial charge in [0, 0.05) is 41.2 Å². The molecule has 4 heterocycles. The predicted molar refractivity (Wildman–Crippen MR) is 106 cm³/mol. The van der Waals surface area contributed by atoms with Gasteiger partial charge in [-0.3, -0.25) is 4.68 Å². The van der Waals surface area contributed by atoms with Gasteiger partial charge in [-0.05, 0) is 32.0 Å². The molecular weight excluding hydrogens is 373 g/mol. The summed E-state index contributed by atoms with van der Waals surface area (Å²) in [5.74, 6) is 0.264. The number of rotatable bonds is 4. The summed E-state index contributed by atoms with van der Waals surface area (Å²) >= 11 is 0. The molecule has 4 aromatic rings. The van der Waals surface area contributed by atoms with Crippen LogP contribution in [0.5, 0.6) is 5.75 Å². The second-order valence-corrected chi connectivity index (χ2v) is 7.24. The van der Waals surface area contributed by atoms with Crippen LogP contribution in [0.15, 0.2) is 30.7 Å². The number of hydrogen-bond acceptors (Lipinski definition) is 5. The molecule has 5 rings (SSSR count). The molecule has 1 N–H and O–H groups in total. The minimum Gasteiger partial charge on any atom is -0.486 e. The van der Waals surface area contributed by atoms with Crippen LogP contribution in [0.1, 0.15) is 11.4 Å². The zero-order chi connectivity index (χ0) is 20.1. The number of pyridine rings is 1. The molecule has 3 aromatic heterocycles. The zero-order valence-corrected chi connectivity index (χ0v) is 16.4. The van der Waals surface area contributed by atoms with Crippen LogP contribution < -0.4 is 4.74 Å². The first-order valence-electron chi connectivity index (χ1n) is 9.40. The number of benzene rings is 1.